The summed E-state index contributed by atoms with van der Waals surface area (Å²) >= 11 is 0. The summed E-state index contributed by atoms with van der Waals surface area (Å²) in [6.45, 7) is 0. The van der Waals surface area contributed by atoms with Crippen molar-refractivity contribution in [2.45, 2.75) is 0 Å². The van der Waals surface area contributed by atoms with Crippen LogP contribution in [0.1, 0.15) is 10.4 Å². The number of hydrogen-bond acceptors (Lipinski definition) is 4. The summed E-state index contributed by atoms with van der Waals surface area (Å²) in [7, 11) is 2.83. The molecule has 0 radical (unpaired) electrons. The number of halogens is 1. The van der Waals surface area contributed by atoms with Crippen molar-refractivity contribution < 1.29 is 18.7 Å². The van der Waals surface area contributed by atoms with Gasteiger partial charge in [0.1, 0.15) is 17.1 Å². The van der Waals surface area contributed by atoms with E-state index in [9.17, 15) is 9.18 Å². The molecule has 1 heterocycles. The van der Waals surface area contributed by atoms with E-state index in [1.165, 1.54) is 38.6 Å². The van der Waals surface area contributed by atoms with Crippen LogP contribution in [0, 0.1) is 5.82 Å². The van der Waals surface area contributed by atoms with Crippen molar-refractivity contribution in [3.63, 3.8) is 0 Å². The van der Waals surface area contributed by atoms with Crippen LogP contribution in [0.4, 0.5) is 10.1 Å². The van der Waals surface area contributed by atoms with E-state index >= 15 is 0 Å². The van der Waals surface area contributed by atoms with Gasteiger partial charge >= 0.3 is 0 Å². The maximum absolute atomic E-state index is 13.1. The second-order valence-electron chi connectivity index (χ2n) is 3.86. The number of ether oxygens (including phenoxy) is 2. The normalized spacial score (nSPS) is 9.95. The molecule has 2 rings (SSSR count). The molecule has 0 aliphatic heterocycles. The van der Waals surface area contributed by atoms with Crippen molar-refractivity contribution in [2.24, 2.45) is 0 Å². The molecule has 0 spiro atoms. The van der Waals surface area contributed by atoms with Crippen LogP contribution in [0.5, 0.6) is 11.6 Å². The van der Waals surface area contributed by atoms with Crippen LogP contribution >= 0.6 is 0 Å². The number of amides is 1. The summed E-state index contributed by atoms with van der Waals surface area (Å²) in [4.78, 5) is 16.1. The van der Waals surface area contributed by atoms with E-state index in [1.54, 1.807) is 12.1 Å². The molecule has 5 nitrogen and oxygen atoms in total. The molecule has 0 saturated heterocycles. The molecule has 20 heavy (non-hydrogen) atoms. The van der Waals surface area contributed by atoms with Crippen molar-refractivity contribution in [1.82, 2.24) is 4.98 Å². The number of anilines is 1. The summed E-state index contributed by atoms with van der Waals surface area (Å²) in [5.41, 5.74) is 0.645. The van der Waals surface area contributed by atoms with Gasteiger partial charge in [0, 0.05) is 12.3 Å². The highest BCUT2D eigenvalue weighted by Crippen LogP contribution is 2.26. The zero-order chi connectivity index (χ0) is 14.5. The summed E-state index contributed by atoms with van der Waals surface area (Å²) in [5.74, 6) is -0.411. The van der Waals surface area contributed by atoms with E-state index in [1.807, 2.05) is 0 Å². The van der Waals surface area contributed by atoms with Crippen molar-refractivity contribution in [3.05, 3.63) is 47.9 Å². The first-order chi connectivity index (χ1) is 9.65. The van der Waals surface area contributed by atoms with Crippen LogP contribution in [0.25, 0.3) is 0 Å². The van der Waals surface area contributed by atoms with Gasteiger partial charge in [-0.25, -0.2) is 9.37 Å². The van der Waals surface area contributed by atoms with E-state index < -0.39 is 11.7 Å². The average Bonchev–Trinajstić information content (AvgIpc) is 2.48. The minimum absolute atomic E-state index is 0.214. The Hall–Kier alpha value is -2.63. The van der Waals surface area contributed by atoms with Gasteiger partial charge in [0.15, 0.2) is 0 Å². The van der Waals surface area contributed by atoms with Gasteiger partial charge in [-0.1, -0.05) is 0 Å². The first-order valence-corrected chi connectivity index (χ1v) is 5.79. The molecule has 1 aromatic carbocycles. The lowest BCUT2D eigenvalue weighted by Crippen LogP contribution is -2.14. The highest BCUT2D eigenvalue weighted by atomic mass is 19.1. The zero-order valence-electron chi connectivity index (χ0n) is 11.0. The van der Waals surface area contributed by atoms with Gasteiger partial charge < -0.3 is 14.8 Å². The topological polar surface area (TPSA) is 60.5 Å². The number of nitrogens with zero attached hydrogens (tertiary/aromatic N) is 1. The van der Waals surface area contributed by atoms with Crippen LogP contribution in [0.2, 0.25) is 0 Å². The van der Waals surface area contributed by atoms with Crippen molar-refractivity contribution >= 4 is 11.6 Å². The number of carbonyl (C=O) groups excluding carboxylic acids is 1. The molecular formula is C14H13FN2O3. The monoisotopic (exact) mass is 276 g/mol. The molecule has 1 aromatic heterocycles. The molecule has 0 aliphatic carbocycles. The minimum atomic E-state index is -0.446. The largest absolute Gasteiger partial charge is 0.494 e. The molecule has 0 unspecified atom stereocenters. The third-order valence-electron chi connectivity index (χ3n) is 2.62. The number of pyridine rings is 1. The molecule has 104 valence electrons. The molecule has 0 aliphatic rings. The van der Waals surface area contributed by atoms with Gasteiger partial charge in [0.05, 0.1) is 19.9 Å². The van der Waals surface area contributed by atoms with Gasteiger partial charge in [0.25, 0.3) is 5.91 Å². The van der Waals surface area contributed by atoms with Crippen LogP contribution < -0.4 is 14.8 Å². The van der Waals surface area contributed by atoms with Crippen LogP contribution in [0.3, 0.4) is 0 Å². The summed E-state index contributed by atoms with van der Waals surface area (Å²) in [6.07, 6.45) is 1.52. The molecule has 0 bridgehead atoms. The Morgan fingerprint density at radius 1 is 1.25 bits per heavy atom. The number of aromatic nitrogens is 1. The quantitative estimate of drug-likeness (QED) is 0.932. The first kappa shape index (κ1) is 13.8. The summed E-state index contributed by atoms with van der Waals surface area (Å²) in [5, 5.41) is 2.63. The Balaban J connectivity index is 2.28. The van der Waals surface area contributed by atoms with Crippen molar-refractivity contribution in [3.8, 4) is 11.6 Å². The van der Waals surface area contributed by atoms with E-state index in [4.69, 9.17) is 9.47 Å². The first-order valence-electron chi connectivity index (χ1n) is 5.79. The van der Waals surface area contributed by atoms with Gasteiger partial charge in [-0.15, -0.1) is 0 Å². The fourth-order valence-electron chi connectivity index (χ4n) is 1.68. The SMILES string of the molecule is COc1cc(F)ccc1NC(=O)c1cccnc1OC. The molecule has 0 fully saturated rings. The van der Waals surface area contributed by atoms with Gasteiger partial charge in [-0.3, -0.25) is 4.79 Å². The van der Waals surface area contributed by atoms with E-state index in [2.05, 4.69) is 10.3 Å². The Morgan fingerprint density at radius 3 is 2.75 bits per heavy atom. The molecule has 2 aromatic rings. The number of rotatable bonds is 4. The van der Waals surface area contributed by atoms with Gasteiger partial charge in [-0.2, -0.15) is 0 Å². The van der Waals surface area contributed by atoms with Crippen LogP contribution in [0.15, 0.2) is 36.5 Å². The standard InChI is InChI=1S/C14H13FN2O3/c1-19-12-8-9(15)5-6-11(12)17-13(18)10-4-3-7-16-14(10)20-2/h3-8H,1-2H3,(H,17,18). The minimum Gasteiger partial charge on any atom is -0.494 e. The summed E-state index contributed by atoms with van der Waals surface area (Å²) < 4.78 is 23.1. The van der Waals surface area contributed by atoms with E-state index in [0.29, 0.717) is 5.69 Å². The lowest BCUT2D eigenvalue weighted by atomic mass is 10.2. The second-order valence-corrected chi connectivity index (χ2v) is 3.86. The fraction of sp³-hybridized carbons (Fsp3) is 0.143. The highest BCUT2D eigenvalue weighted by molar-refractivity contribution is 6.06. The zero-order valence-corrected chi connectivity index (χ0v) is 11.0. The molecule has 0 saturated carbocycles. The number of carbonyl (C=O) groups is 1. The fourth-order valence-corrected chi connectivity index (χ4v) is 1.68. The second kappa shape index (κ2) is 6.01. The van der Waals surface area contributed by atoms with E-state index in [0.717, 1.165) is 0 Å². The highest BCUT2D eigenvalue weighted by Gasteiger charge is 2.15. The third kappa shape index (κ3) is 2.85. The van der Waals surface area contributed by atoms with Gasteiger partial charge in [0.2, 0.25) is 5.88 Å². The number of nitrogens with one attached hydrogen (secondary N) is 1. The predicted octanol–water partition coefficient (Wildman–Crippen LogP) is 2.49. The Bertz CT molecular complexity index is 632. The third-order valence-corrected chi connectivity index (χ3v) is 2.62. The molecule has 0 atom stereocenters. The average molecular weight is 276 g/mol. The smallest absolute Gasteiger partial charge is 0.261 e. The molecule has 1 amide bonds. The summed E-state index contributed by atoms with van der Waals surface area (Å²) in [6, 6.07) is 7.06. The Morgan fingerprint density at radius 2 is 2.05 bits per heavy atom. The maximum atomic E-state index is 13.1. The number of benzene rings is 1. The maximum Gasteiger partial charge on any atom is 0.261 e. The van der Waals surface area contributed by atoms with Crippen molar-refractivity contribution in [2.75, 3.05) is 19.5 Å². The lowest BCUT2D eigenvalue weighted by molar-refractivity contribution is 0.102. The van der Waals surface area contributed by atoms with Crippen LogP contribution in [-0.2, 0) is 0 Å². The lowest BCUT2D eigenvalue weighted by Gasteiger charge is -2.11. The number of methoxy groups -OCH3 is 2. The van der Waals surface area contributed by atoms with Crippen LogP contribution in [-0.4, -0.2) is 25.1 Å². The molecule has 1 N–H and O–H groups in total. The van der Waals surface area contributed by atoms with Crippen molar-refractivity contribution in [1.29, 1.82) is 0 Å². The van der Waals surface area contributed by atoms with Gasteiger partial charge in [-0.05, 0) is 24.3 Å². The predicted molar refractivity (Wildman–Crippen MR) is 71.7 cm³/mol. The molecular weight excluding hydrogens is 263 g/mol. The van der Waals surface area contributed by atoms with E-state index in [-0.39, 0.29) is 17.2 Å². The Labute approximate surface area is 115 Å². The number of hydrogen-bond donors (Lipinski definition) is 1. The molecule has 6 heteroatoms. The Kier molecular flexibility index (Phi) is 4.14.